The quantitative estimate of drug-likeness (QED) is 0.551. The van der Waals surface area contributed by atoms with Crippen LogP contribution in [0.2, 0.25) is 0 Å². The third-order valence-corrected chi connectivity index (χ3v) is 5.63. The zero-order valence-electron chi connectivity index (χ0n) is 12.3. The Morgan fingerprint density at radius 2 is 1.52 bits per heavy atom. The van der Waals surface area contributed by atoms with E-state index in [2.05, 4.69) is 60.1 Å². The van der Waals surface area contributed by atoms with Crippen LogP contribution in [0, 0.1) is 13.8 Å². The van der Waals surface area contributed by atoms with Gasteiger partial charge in [0, 0.05) is 21.6 Å². The van der Waals surface area contributed by atoms with Gasteiger partial charge in [-0.2, -0.15) is 0 Å². The molecule has 2 rings (SSSR count). The Labute approximate surface area is 145 Å². The highest BCUT2D eigenvalue weighted by molar-refractivity contribution is 9.10. The van der Waals surface area contributed by atoms with Crippen LogP contribution in [-0.4, -0.2) is 11.8 Å². The second-order valence-electron chi connectivity index (χ2n) is 5.65. The van der Waals surface area contributed by atoms with Crippen molar-refractivity contribution in [3.05, 3.63) is 69.2 Å². The van der Waals surface area contributed by atoms with Gasteiger partial charge in [0.2, 0.25) is 0 Å². The second-order valence-corrected chi connectivity index (χ2v) is 7.10. The minimum Gasteiger partial charge on any atom is -0.126 e. The minimum atomic E-state index is -0.231. The lowest BCUT2D eigenvalue weighted by Crippen LogP contribution is -2.33. The van der Waals surface area contributed by atoms with Crippen molar-refractivity contribution in [2.75, 3.05) is 11.8 Å². The van der Waals surface area contributed by atoms with E-state index < -0.39 is 0 Å². The van der Waals surface area contributed by atoms with Gasteiger partial charge in [0.05, 0.1) is 0 Å². The van der Waals surface area contributed by atoms with Crippen molar-refractivity contribution in [1.29, 1.82) is 0 Å². The summed E-state index contributed by atoms with van der Waals surface area (Å²) in [5, 5.41) is 0. The first-order valence-corrected chi connectivity index (χ1v) is 8.81. The predicted molar refractivity (Wildman–Crippen MR) is 96.9 cm³/mol. The SMILES string of the molecule is Cc1ccc(CC(CCl)(CCl)c2ccc(Br)cc2)cc1C. The van der Waals surface area contributed by atoms with Crippen molar-refractivity contribution in [3.63, 3.8) is 0 Å². The number of hydrogen-bond donors (Lipinski definition) is 0. The van der Waals surface area contributed by atoms with Gasteiger partial charge in [-0.25, -0.2) is 0 Å². The molecule has 0 saturated carbocycles. The molecule has 0 nitrogen and oxygen atoms in total. The van der Waals surface area contributed by atoms with Crippen LogP contribution in [0.3, 0.4) is 0 Å². The average molecular weight is 386 g/mol. The molecule has 0 heterocycles. The molecule has 0 bridgehead atoms. The topological polar surface area (TPSA) is 0 Å². The van der Waals surface area contributed by atoms with Crippen molar-refractivity contribution < 1.29 is 0 Å². The van der Waals surface area contributed by atoms with Gasteiger partial charge in [0.25, 0.3) is 0 Å². The molecule has 3 heteroatoms. The van der Waals surface area contributed by atoms with Crippen LogP contribution < -0.4 is 0 Å². The Morgan fingerprint density at radius 1 is 0.905 bits per heavy atom. The van der Waals surface area contributed by atoms with E-state index in [0.717, 1.165) is 10.9 Å². The summed E-state index contributed by atoms with van der Waals surface area (Å²) in [6.45, 7) is 4.27. The largest absolute Gasteiger partial charge is 0.126 e. The minimum absolute atomic E-state index is 0.231. The van der Waals surface area contributed by atoms with Crippen LogP contribution >= 0.6 is 39.1 Å². The smallest absolute Gasteiger partial charge is 0.0335 e. The van der Waals surface area contributed by atoms with Crippen molar-refractivity contribution in [1.82, 2.24) is 0 Å². The summed E-state index contributed by atoms with van der Waals surface area (Å²) in [6, 6.07) is 14.9. The first kappa shape index (κ1) is 16.9. The van der Waals surface area contributed by atoms with E-state index in [0.29, 0.717) is 11.8 Å². The van der Waals surface area contributed by atoms with E-state index in [-0.39, 0.29) is 5.41 Å². The van der Waals surface area contributed by atoms with Crippen LogP contribution in [-0.2, 0) is 11.8 Å². The van der Waals surface area contributed by atoms with Gasteiger partial charge >= 0.3 is 0 Å². The Bertz CT molecular complexity index is 601. The molecule has 0 aliphatic heterocycles. The molecular formula is C18H19BrCl2. The van der Waals surface area contributed by atoms with Gasteiger partial charge in [-0.3, -0.25) is 0 Å². The fourth-order valence-corrected chi connectivity index (χ4v) is 3.54. The van der Waals surface area contributed by atoms with E-state index in [1.54, 1.807) is 0 Å². The van der Waals surface area contributed by atoms with Crippen molar-refractivity contribution in [3.8, 4) is 0 Å². The molecule has 0 unspecified atom stereocenters. The lowest BCUT2D eigenvalue weighted by atomic mass is 9.78. The Balaban J connectivity index is 2.37. The number of hydrogen-bond acceptors (Lipinski definition) is 0. The third kappa shape index (κ3) is 3.83. The number of aryl methyl sites for hydroxylation is 2. The standard InChI is InChI=1S/C18H19BrCl2/c1-13-3-4-15(9-14(13)2)10-18(11-20,12-21)16-5-7-17(19)8-6-16/h3-9H,10-12H2,1-2H3. The fraction of sp³-hybridized carbons (Fsp3) is 0.333. The summed E-state index contributed by atoms with van der Waals surface area (Å²) in [5.41, 5.74) is 4.85. The molecule has 0 spiro atoms. The summed E-state index contributed by atoms with van der Waals surface area (Å²) >= 11 is 16.1. The molecule has 0 aromatic heterocycles. The summed E-state index contributed by atoms with van der Waals surface area (Å²) in [6.07, 6.45) is 0.850. The number of benzene rings is 2. The van der Waals surface area contributed by atoms with E-state index in [1.807, 2.05) is 12.1 Å². The molecule has 0 amide bonds. The highest BCUT2D eigenvalue weighted by atomic mass is 79.9. The van der Waals surface area contributed by atoms with E-state index in [4.69, 9.17) is 23.2 Å². The molecule has 0 radical (unpaired) electrons. The van der Waals surface area contributed by atoms with E-state index >= 15 is 0 Å². The van der Waals surface area contributed by atoms with Crippen LogP contribution in [0.15, 0.2) is 46.9 Å². The van der Waals surface area contributed by atoms with Crippen LogP contribution in [0.25, 0.3) is 0 Å². The monoisotopic (exact) mass is 384 g/mol. The Morgan fingerprint density at radius 3 is 2.05 bits per heavy atom. The molecule has 112 valence electrons. The molecule has 0 fully saturated rings. The highest BCUT2D eigenvalue weighted by Crippen LogP contribution is 2.33. The zero-order valence-corrected chi connectivity index (χ0v) is 15.4. The fourth-order valence-electron chi connectivity index (χ4n) is 2.49. The summed E-state index contributed by atoms with van der Waals surface area (Å²) in [5.74, 6) is 1.01. The van der Waals surface area contributed by atoms with E-state index in [9.17, 15) is 0 Å². The van der Waals surface area contributed by atoms with Gasteiger partial charge < -0.3 is 0 Å². The molecule has 0 aliphatic rings. The first-order valence-electron chi connectivity index (χ1n) is 6.95. The zero-order chi connectivity index (χ0) is 15.5. The lowest BCUT2D eigenvalue weighted by molar-refractivity contribution is 0.536. The maximum atomic E-state index is 6.32. The lowest BCUT2D eigenvalue weighted by Gasteiger charge is -2.30. The summed E-state index contributed by atoms with van der Waals surface area (Å²) in [7, 11) is 0. The van der Waals surface area contributed by atoms with Crippen LogP contribution in [0.1, 0.15) is 22.3 Å². The normalized spacial score (nSPS) is 11.7. The molecule has 0 saturated heterocycles. The maximum Gasteiger partial charge on any atom is 0.0335 e. The summed E-state index contributed by atoms with van der Waals surface area (Å²) in [4.78, 5) is 0. The average Bonchev–Trinajstić information content (AvgIpc) is 2.49. The summed E-state index contributed by atoms with van der Waals surface area (Å²) < 4.78 is 1.07. The van der Waals surface area contributed by atoms with Gasteiger partial charge in [0.1, 0.15) is 0 Å². The first-order chi connectivity index (χ1) is 10.0. The number of halogens is 3. The van der Waals surface area contributed by atoms with Crippen molar-refractivity contribution in [2.24, 2.45) is 0 Å². The molecule has 21 heavy (non-hydrogen) atoms. The number of alkyl halides is 2. The molecule has 2 aromatic rings. The maximum absolute atomic E-state index is 6.32. The van der Waals surface area contributed by atoms with Gasteiger partial charge in [0.15, 0.2) is 0 Å². The Kier molecular flexibility index (Phi) is 5.76. The third-order valence-electron chi connectivity index (χ3n) is 4.08. The molecule has 2 aromatic carbocycles. The second kappa shape index (κ2) is 7.17. The van der Waals surface area contributed by atoms with E-state index in [1.165, 1.54) is 22.3 Å². The van der Waals surface area contributed by atoms with Gasteiger partial charge in [-0.1, -0.05) is 46.3 Å². The molecule has 0 aliphatic carbocycles. The van der Waals surface area contributed by atoms with Crippen LogP contribution in [0.4, 0.5) is 0 Å². The van der Waals surface area contributed by atoms with Gasteiger partial charge in [-0.05, 0) is 54.7 Å². The molecule has 0 N–H and O–H groups in total. The van der Waals surface area contributed by atoms with Crippen molar-refractivity contribution >= 4 is 39.1 Å². The highest BCUT2D eigenvalue weighted by Gasteiger charge is 2.31. The number of rotatable bonds is 5. The Hall–Kier alpha value is -0.500. The molecule has 0 atom stereocenters. The predicted octanol–water partition coefficient (Wildman–Crippen LogP) is 6.02. The van der Waals surface area contributed by atoms with Crippen LogP contribution in [0.5, 0.6) is 0 Å². The van der Waals surface area contributed by atoms with Gasteiger partial charge in [-0.15, -0.1) is 23.2 Å². The van der Waals surface area contributed by atoms with Crippen molar-refractivity contribution in [2.45, 2.75) is 25.7 Å². The molecular weight excluding hydrogens is 367 g/mol.